The summed E-state index contributed by atoms with van der Waals surface area (Å²) in [6, 6.07) is 4.26. The number of urea groups is 1. The maximum absolute atomic E-state index is 11.6. The zero-order valence-electron chi connectivity index (χ0n) is 13.5. The molecule has 0 radical (unpaired) electrons. The van der Waals surface area contributed by atoms with E-state index in [1.54, 1.807) is 39.0 Å². The molecule has 0 saturated carbocycles. The lowest BCUT2D eigenvalue weighted by atomic mass is 10.1. The number of nitrogens with one attached hydrogen (secondary N) is 2. The normalized spacial score (nSPS) is 11.2. The van der Waals surface area contributed by atoms with Gasteiger partial charge in [0.2, 0.25) is 0 Å². The van der Waals surface area contributed by atoms with Gasteiger partial charge in [0.15, 0.2) is 6.61 Å². The molecule has 0 aliphatic heterocycles. The Morgan fingerprint density at radius 2 is 1.75 bits per heavy atom. The van der Waals surface area contributed by atoms with Crippen LogP contribution in [0.25, 0.3) is 6.08 Å². The summed E-state index contributed by atoms with van der Waals surface area (Å²) >= 11 is 11.9. The molecule has 24 heavy (non-hydrogen) atoms. The van der Waals surface area contributed by atoms with E-state index in [0.29, 0.717) is 15.6 Å². The van der Waals surface area contributed by atoms with Gasteiger partial charge in [-0.25, -0.2) is 9.59 Å². The molecule has 0 unspecified atom stereocenters. The molecule has 8 heteroatoms. The number of esters is 1. The van der Waals surface area contributed by atoms with Crippen molar-refractivity contribution in [3.63, 3.8) is 0 Å². The number of carbonyl (C=O) groups excluding carboxylic acids is 3. The highest BCUT2D eigenvalue weighted by molar-refractivity contribution is 6.37. The van der Waals surface area contributed by atoms with Crippen LogP contribution in [-0.2, 0) is 14.3 Å². The minimum absolute atomic E-state index is 0.378. The Bertz CT molecular complexity index is 646. The molecule has 1 rings (SSSR count). The number of rotatable bonds is 4. The van der Waals surface area contributed by atoms with Crippen molar-refractivity contribution in [1.82, 2.24) is 10.6 Å². The first-order chi connectivity index (χ1) is 11.1. The third-order valence-electron chi connectivity index (χ3n) is 2.47. The average Bonchev–Trinajstić information content (AvgIpc) is 2.42. The number of halogens is 2. The second-order valence-corrected chi connectivity index (χ2v) is 6.64. The van der Waals surface area contributed by atoms with Gasteiger partial charge in [-0.15, -0.1) is 0 Å². The van der Waals surface area contributed by atoms with Crippen molar-refractivity contribution in [3.8, 4) is 0 Å². The Morgan fingerprint density at radius 1 is 1.17 bits per heavy atom. The standard InChI is InChI=1S/C16H18Cl2N2O4/c1-16(2,3)20-15(23)19-13(21)9-24-14(22)8-7-10-11(17)5-4-6-12(10)18/h4-8H,9H2,1-3H3,(H2,19,20,21,23)/b8-7+. The first kappa shape index (κ1) is 20.0. The Morgan fingerprint density at radius 3 is 2.29 bits per heavy atom. The van der Waals surface area contributed by atoms with E-state index in [9.17, 15) is 14.4 Å². The smallest absolute Gasteiger partial charge is 0.331 e. The summed E-state index contributed by atoms with van der Waals surface area (Å²) in [5, 5.41) is 5.35. The highest BCUT2D eigenvalue weighted by Gasteiger charge is 2.16. The monoisotopic (exact) mass is 372 g/mol. The van der Waals surface area contributed by atoms with Crippen LogP contribution in [-0.4, -0.2) is 30.1 Å². The van der Waals surface area contributed by atoms with Gasteiger partial charge in [-0.2, -0.15) is 0 Å². The van der Waals surface area contributed by atoms with E-state index in [2.05, 4.69) is 10.6 Å². The van der Waals surface area contributed by atoms with Gasteiger partial charge >= 0.3 is 12.0 Å². The molecule has 0 spiro atoms. The van der Waals surface area contributed by atoms with Gasteiger partial charge in [0.05, 0.1) is 0 Å². The second-order valence-electron chi connectivity index (χ2n) is 5.83. The second kappa shape index (κ2) is 8.70. The van der Waals surface area contributed by atoms with Crippen LogP contribution in [0.5, 0.6) is 0 Å². The number of hydrogen-bond donors (Lipinski definition) is 2. The molecule has 0 fully saturated rings. The number of benzene rings is 1. The number of hydrogen-bond acceptors (Lipinski definition) is 4. The van der Waals surface area contributed by atoms with Gasteiger partial charge < -0.3 is 10.1 Å². The molecular weight excluding hydrogens is 355 g/mol. The summed E-state index contributed by atoms with van der Waals surface area (Å²) in [4.78, 5) is 34.6. The highest BCUT2D eigenvalue weighted by atomic mass is 35.5. The van der Waals surface area contributed by atoms with Crippen molar-refractivity contribution in [3.05, 3.63) is 39.9 Å². The van der Waals surface area contributed by atoms with E-state index in [-0.39, 0.29) is 0 Å². The first-order valence-corrected chi connectivity index (χ1v) is 7.75. The van der Waals surface area contributed by atoms with Crippen LogP contribution in [0.4, 0.5) is 4.79 Å². The molecule has 0 bridgehead atoms. The van der Waals surface area contributed by atoms with Gasteiger partial charge in [0.25, 0.3) is 5.91 Å². The maximum atomic E-state index is 11.6. The third kappa shape index (κ3) is 7.48. The lowest BCUT2D eigenvalue weighted by Crippen LogP contribution is -2.49. The van der Waals surface area contributed by atoms with Crippen LogP contribution >= 0.6 is 23.2 Å². The van der Waals surface area contributed by atoms with Crippen LogP contribution in [0.3, 0.4) is 0 Å². The van der Waals surface area contributed by atoms with E-state index in [1.807, 2.05) is 0 Å². The largest absolute Gasteiger partial charge is 0.452 e. The minimum Gasteiger partial charge on any atom is -0.452 e. The van der Waals surface area contributed by atoms with E-state index >= 15 is 0 Å². The van der Waals surface area contributed by atoms with Crippen molar-refractivity contribution >= 4 is 47.2 Å². The molecule has 130 valence electrons. The molecule has 0 heterocycles. The molecule has 1 aromatic rings. The maximum Gasteiger partial charge on any atom is 0.331 e. The molecule has 0 saturated heterocycles. The van der Waals surface area contributed by atoms with Crippen LogP contribution < -0.4 is 10.6 Å². The lowest BCUT2D eigenvalue weighted by Gasteiger charge is -2.20. The Hall–Kier alpha value is -2.05. The highest BCUT2D eigenvalue weighted by Crippen LogP contribution is 2.25. The Labute approximate surface area is 150 Å². The van der Waals surface area contributed by atoms with Gasteiger partial charge in [-0.1, -0.05) is 29.3 Å². The Kier molecular flexibility index (Phi) is 7.25. The predicted molar refractivity (Wildman–Crippen MR) is 92.9 cm³/mol. The van der Waals surface area contributed by atoms with Crippen molar-refractivity contribution < 1.29 is 19.1 Å². The summed E-state index contributed by atoms with van der Waals surface area (Å²) in [7, 11) is 0. The van der Waals surface area contributed by atoms with Gasteiger partial charge in [-0.05, 0) is 39.0 Å². The van der Waals surface area contributed by atoms with Gasteiger partial charge in [0.1, 0.15) is 0 Å². The molecule has 2 N–H and O–H groups in total. The number of carbonyl (C=O) groups is 3. The number of ether oxygens (including phenoxy) is 1. The topological polar surface area (TPSA) is 84.5 Å². The van der Waals surface area contributed by atoms with Crippen molar-refractivity contribution in [2.24, 2.45) is 0 Å². The molecule has 0 aliphatic rings. The lowest BCUT2D eigenvalue weighted by molar-refractivity contribution is -0.143. The quantitative estimate of drug-likeness (QED) is 0.627. The molecule has 3 amide bonds. The van der Waals surface area contributed by atoms with Gasteiger partial charge in [0, 0.05) is 27.2 Å². The van der Waals surface area contributed by atoms with E-state index in [1.165, 1.54) is 6.08 Å². The molecule has 0 aliphatic carbocycles. The first-order valence-electron chi connectivity index (χ1n) is 6.99. The SMILES string of the molecule is CC(C)(C)NC(=O)NC(=O)COC(=O)/C=C/c1c(Cl)cccc1Cl. The molecule has 0 aromatic heterocycles. The summed E-state index contributed by atoms with van der Waals surface area (Å²) in [5.74, 6) is -1.51. The zero-order chi connectivity index (χ0) is 18.3. The van der Waals surface area contributed by atoms with E-state index < -0.39 is 30.1 Å². The fourth-order valence-corrected chi connectivity index (χ4v) is 2.06. The molecule has 6 nitrogen and oxygen atoms in total. The predicted octanol–water partition coefficient (Wildman–Crippen LogP) is 3.17. The summed E-state index contributed by atoms with van der Waals surface area (Å²) in [5.41, 5.74) is -0.0235. The van der Waals surface area contributed by atoms with Crippen LogP contribution in [0, 0.1) is 0 Å². The summed E-state index contributed by atoms with van der Waals surface area (Å²) in [6.45, 7) is 4.71. The molecule has 1 aromatic carbocycles. The van der Waals surface area contributed by atoms with Crippen molar-refractivity contribution in [2.75, 3.05) is 6.61 Å². The summed E-state index contributed by atoms with van der Waals surface area (Å²) in [6.07, 6.45) is 2.48. The third-order valence-corrected chi connectivity index (χ3v) is 3.13. The number of imide groups is 1. The zero-order valence-corrected chi connectivity index (χ0v) is 15.0. The van der Waals surface area contributed by atoms with Crippen LogP contribution in [0.15, 0.2) is 24.3 Å². The average molecular weight is 373 g/mol. The summed E-state index contributed by atoms with van der Waals surface area (Å²) < 4.78 is 4.73. The molecular formula is C16H18Cl2N2O4. The van der Waals surface area contributed by atoms with Gasteiger partial charge in [-0.3, -0.25) is 10.1 Å². The Balaban J connectivity index is 2.47. The van der Waals surface area contributed by atoms with Crippen molar-refractivity contribution in [1.29, 1.82) is 0 Å². The fraction of sp³-hybridized carbons (Fsp3) is 0.312. The minimum atomic E-state index is -0.766. The number of amides is 3. The van der Waals surface area contributed by atoms with E-state index in [0.717, 1.165) is 6.08 Å². The fourth-order valence-electron chi connectivity index (χ4n) is 1.54. The van der Waals surface area contributed by atoms with Crippen molar-refractivity contribution in [2.45, 2.75) is 26.3 Å². The van der Waals surface area contributed by atoms with E-state index in [4.69, 9.17) is 27.9 Å². The molecule has 0 atom stereocenters. The van der Waals surface area contributed by atoms with Crippen LogP contribution in [0.2, 0.25) is 10.0 Å². The van der Waals surface area contributed by atoms with Crippen LogP contribution in [0.1, 0.15) is 26.3 Å².